The van der Waals surface area contributed by atoms with Crippen LogP contribution in [0.15, 0.2) is 24.3 Å². The molecule has 100 valence electrons. The van der Waals surface area contributed by atoms with Crippen molar-refractivity contribution < 1.29 is 14.2 Å². The molecule has 18 heavy (non-hydrogen) atoms. The summed E-state index contributed by atoms with van der Waals surface area (Å²) in [5.41, 5.74) is 0.575. The Kier molecular flexibility index (Phi) is 4.32. The first-order valence-electron chi connectivity index (χ1n) is 6.37. The molecule has 2 rings (SSSR count). The van der Waals surface area contributed by atoms with Crippen molar-refractivity contribution in [2.75, 3.05) is 19.7 Å². The van der Waals surface area contributed by atoms with Gasteiger partial charge in [0, 0.05) is 19.1 Å². The van der Waals surface area contributed by atoms with Gasteiger partial charge in [-0.15, -0.1) is 0 Å². The number of nitrogens with zero attached hydrogens (tertiary/aromatic N) is 1. The third-order valence-corrected chi connectivity index (χ3v) is 3.40. The Labute approximate surface area is 107 Å². The van der Waals surface area contributed by atoms with E-state index in [9.17, 15) is 9.50 Å². The number of aliphatic hydroxyl groups is 1. The molecule has 0 saturated carbocycles. The van der Waals surface area contributed by atoms with Gasteiger partial charge in [-0.1, -0.05) is 12.1 Å². The highest BCUT2D eigenvalue weighted by atomic mass is 19.1. The van der Waals surface area contributed by atoms with Crippen molar-refractivity contribution in [3.05, 3.63) is 35.6 Å². The Bertz CT molecular complexity index is 397. The van der Waals surface area contributed by atoms with Crippen LogP contribution in [0.5, 0.6) is 0 Å². The molecule has 2 unspecified atom stereocenters. The lowest BCUT2D eigenvalue weighted by molar-refractivity contribution is -0.0962. The van der Waals surface area contributed by atoms with E-state index in [4.69, 9.17) is 4.74 Å². The monoisotopic (exact) mass is 253 g/mol. The minimum atomic E-state index is -0.776. The fourth-order valence-electron chi connectivity index (χ4n) is 2.26. The van der Waals surface area contributed by atoms with Gasteiger partial charge in [0.05, 0.1) is 6.61 Å². The van der Waals surface area contributed by atoms with Gasteiger partial charge in [0.2, 0.25) is 0 Å². The second kappa shape index (κ2) is 5.78. The second-order valence-corrected chi connectivity index (χ2v) is 5.00. The lowest BCUT2D eigenvalue weighted by Crippen LogP contribution is -2.47. The largest absolute Gasteiger partial charge is 0.386 e. The average Bonchev–Trinajstić information content (AvgIpc) is 2.38. The molecule has 4 heteroatoms. The molecule has 1 aromatic carbocycles. The smallest absolute Gasteiger partial charge is 0.123 e. The number of rotatable bonds is 3. The van der Waals surface area contributed by atoms with Gasteiger partial charge < -0.3 is 9.84 Å². The van der Waals surface area contributed by atoms with Crippen LogP contribution in [0.3, 0.4) is 0 Å². The summed E-state index contributed by atoms with van der Waals surface area (Å²) in [6.07, 6.45) is -1.06. The minimum absolute atomic E-state index is 0.289. The van der Waals surface area contributed by atoms with Crippen molar-refractivity contribution in [2.24, 2.45) is 0 Å². The lowest BCUT2D eigenvalue weighted by atomic mass is 10.0. The maximum Gasteiger partial charge on any atom is 0.123 e. The zero-order valence-corrected chi connectivity index (χ0v) is 10.8. The quantitative estimate of drug-likeness (QED) is 0.894. The number of aliphatic hydroxyl groups excluding tert-OH is 1. The van der Waals surface area contributed by atoms with Crippen LogP contribution in [0, 0.1) is 5.82 Å². The average molecular weight is 253 g/mol. The molecule has 0 amide bonds. The maximum absolute atomic E-state index is 13.1. The van der Waals surface area contributed by atoms with Crippen LogP contribution >= 0.6 is 0 Å². The van der Waals surface area contributed by atoms with E-state index in [1.54, 1.807) is 12.1 Å². The van der Waals surface area contributed by atoms with Crippen LogP contribution in [0.2, 0.25) is 0 Å². The van der Waals surface area contributed by atoms with Crippen LogP contribution in [0.4, 0.5) is 4.39 Å². The molecule has 0 bridgehead atoms. The van der Waals surface area contributed by atoms with E-state index in [-0.39, 0.29) is 11.9 Å². The topological polar surface area (TPSA) is 32.7 Å². The summed E-state index contributed by atoms with van der Waals surface area (Å²) in [5.74, 6) is -0.330. The highest BCUT2D eigenvalue weighted by molar-refractivity contribution is 5.20. The van der Waals surface area contributed by atoms with E-state index >= 15 is 0 Å². The maximum atomic E-state index is 13.1. The Balaban J connectivity index is 2.06. The number of ether oxygens (including phenoxy) is 1. The van der Waals surface area contributed by atoms with Gasteiger partial charge in [0.25, 0.3) is 0 Å². The second-order valence-electron chi connectivity index (χ2n) is 5.00. The number of morpholine rings is 1. The molecule has 0 aromatic heterocycles. The summed E-state index contributed by atoms with van der Waals surface area (Å²) >= 11 is 0. The fraction of sp³-hybridized carbons (Fsp3) is 0.571. The predicted octanol–water partition coefficient (Wildman–Crippen LogP) is 1.97. The summed E-state index contributed by atoms with van der Waals surface area (Å²) in [5, 5.41) is 10.3. The molecular weight excluding hydrogens is 233 g/mol. The molecule has 1 aromatic rings. The van der Waals surface area contributed by atoms with E-state index in [0.29, 0.717) is 24.8 Å². The molecule has 2 atom stereocenters. The molecule has 1 aliphatic heterocycles. The molecular formula is C14H20FNO2. The third kappa shape index (κ3) is 3.07. The van der Waals surface area contributed by atoms with E-state index in [1.165, 1.54) is 12.1 Å². The molecule has 1 aliphatic rings. The summed E-state index contributed by atoms with van der Waals surface area (Å²) in [6, 6.07) is 6.50. The van der Waals surface area contributed by atoms with Crippen molar-refractivity contribution in [3.63, 3.8) is 0 Å². The standard InChI is InChI=1S/C14H20FNO2/c1-10(2)16-6-7-18-13(9-16)14(17)11-4-3-5-12(15)8-11/h3-5,8,10,13-14,17H,6-7,9H2,1-2H3. The first kappa shape index (κ1) is 13.5. The fourth-order valence-corrected chi connectivity index (χ4v) is 2.26. The first-order chi connectivity index (χ1) is 8.58. The lowest BCUT2D eigenvalue weighted by Gasteiger charge is -2.37. The van der Waals surface area contributed by atoms with Crippen LogP contribution in [0.1, 0.15) is 25.5 Å². The van der Waals surface area contributed by atoms with Gasteiger partial charge in [-0.3, -0.25) is 4.90 Å². The Morgan fingerprint density at radius 1 is 1.44 bits per heavy atom. The summed E-state index contributed by atoms with van der Waals surface area (Å²) in [4.78, 5) is 2.26. The summed E-state index contributed by atoms with van der Waals surface area (Å²) in [6.45, 7) is 6.41. The molecule has 1 fully saturated rings. The van der Waals surface area contributed by atoms with Gasteiger partial charge in [-0.25, -0.2) is 4.39 Å². The minimum Gasteiger partial charge on any atom is -0.386 e. The first-order valence-corrected chi connectivity index (χ1v) is 6.37. The molecule has 0 spiro atoms. The van der Waals surface area contributed by atoms with Crippen LogP contribution in [-0.2, 0) is 4.74 Å². The summed E-state index contributed by atoms with van der Waals surface area (Å²) in [7, 11) is 0. The van der Waals surface area contributed by atoms with Crippen molar-refractivity contribution in [1.29, 1.82) is 0 Å². The van der Waals surface area contributed by atoms with Crippen molar-refractivity contribution >= 4 is 0 Å². The van der Waals surface area contributed by atoms with E-state index in [0.717, 1.165) is 6.54 Å². The SMILES string of the molecule is CC(C)N1CCOC(C(O)c2cccc(F)c2)C1. The zero-order chi connectivity index (χ0) is 13.1. The van der Waals surface area contributed by atoms with Crippen LogP contribution in [-0.4, -0.2) is 41.8 Å². The molecule has 1 heterocycles. The number of benzene rings is 1. The molecule has 1 saturated heterocycles. The van der Waals surface area contributed by atoms with E-state index in [1.807, 2.05) is 0 Å². The van der Waals surface area contributed by atoms with Gasteiger partial charge in [0.1, 0.15) is 18.0 Å². The van der Waals surface area contributed by atoms with Gasteiger partial charge in [-0.05, 0) is 31.5 Å². The normalized spacial score (nSPS) is 23.3. The Morgan fingerprint density at radius 2 is 2.22 bits per heavy atom. The number of hydrogen-bond acceptors (Lipinski definition) is 3. The zero-order valence-electron chi connectivity index (χ0n) is 10.8. The summed E-state index contributed by atoms with van der Waals surface area (Å²) < 4.78 is 18.7. The third-order valence-electron chi connectivity index (χ3n) is 3.40. The van der Waals surface area contributed by atoms with Crippen molar-refractivity contribution in [2.45, 2.75) is 32.1 Å². The Morgan fingerprint density at radius 3 is 2.89 bits per heavy atom. The van der Waals surface area contributed by atoms with Gasteiger partial charge in [0.15, 0.2) is 0 Å². The molecule has 1 N–H and O–H groups in total. The molecule has 0 radical (unpaired) electrons. The van der Waals surface area contributed by atoms with Crippen molar-refractivity contribution in [1.82, 2.24) is 4.90 Å². The van der Waals surface area contributed by atoms with E-state index in [2.05, 4.69) is 18.7 Å². The number of hydrogen-bond donors (Lipinski definition) is 1. The molecule has 3 nitrogen and oxygen atoms in total. The predicted molar refractivity (Wildman–Crippen MR) is 67.8 cm³/mol. The molecule has 0 aliphatic carbocycles. The van der Waals surface area contributed by atoms with Crippen molar-refractivity contribution in [3.8, 4) is 0 Å². The van der Waals surface area contributed by atoms with E-state index < -0.39 is 6.10 Å². The van der Waals surface area contributed by atoms with Crippen LogP contribution in [0.25, 0.3) is 0 Å². The highest BCUT2D eigenvalue weighted by Gasteiger charge is 2.28. The highest BCUT2D eigenvalue weighted by Crippen LogP contribution is 2.23. The van der Waals surface area contributed by atoms with Crippen LogP contribution < -0.4 is 0 Å². The Hall–Kier alpha value is -0.970. The van der Waals surface area contributed by atoms with Gasteiger partial charge >= 0.3 is 0 Å². The number of halogens is 1. The van der Waals surface area contributed by atoms with Gasteiger partial charge in [-0.2, -0.15) is 0 Å².